The van der Waals surface area contributed by atoms with E-state index < -0.39 is 6.04 Å². The molecule has 1 aromatic heterocycles. The van der Waals surface area contributed by atoms with E-state index in [1.807, 2.05) is 55.5 Å². The van der Waals surface area contributed by atoms with Crippen LogP contribution in [-0.4, -0.2) is 24.0 Å². The lowest BCUT2D eigenvalue weighted by molar-refractivity contribution is 0.0748. The van der Waals surface area contributed by atoms with E-state index in [1.54, 1.807) is 35.2 Å². The lowest BCUT2D eigenvalue weighted by Gasteiger charge is -2.24. The van der Waals surface area contributed by atoms with E-state index in [1.165, 1.54) is 0 Å². The standard InChI is InChI=1S/C29H25NO5/c1-3-16-30-26(25-27(31)21-12-8-9-13-22(21)35-28(25)29(30)32)20-14-15-23(24(17-20)33-4-2)34-18-19-10-6-5-7-11-19/h3,5-15,17,26H,1,4,16,18H2,2H3/t26-/m0/s1. The molecular formula is C29H25NO5. The first-order valence-corrected chi connectivity index (χ1v) is 11.5. The zero-order valence-corrected chi connectivity index (χ0v) is 19.4. The second-order valence-electron chi connectivity index (χ2n) is 8.23. The summed E-state index contributed by atoms with van der Waals surface area (Å²) in [5.74, 6) is 0.869. The summed E-state index contributed by atoms with van der Waals surface area (Å²) in [7, 11) is 0. The third kappa shape index (κ3) is 4.08. The maximum absolute atomic E-state index is 13.5. The Morgan fingerprint density at radius 3 is 2.51 bits per heavy atom. The molecule has 2 heterocycles. The Morgan fingerprint density at radius 1 is 0.971 bits per heavy atom. The zero-order valence-electron chi connectivity index (χ0n) is 19.4. The van der Waals surface area contributed by atoms with Crippen molar-refractivity contribution >= 4 is 16.9 Å². The Balaban J connectivity index is 1.59. The highest BCUT2D eigenvalue weighted by atomic mass is 16.5. The maximum atomic E-state index is 13.5. The molecule has 0 saturated heterocycles. The molecule has 0 N–H and O–H groups in total. The molecule has 1 atom stereocenters. The summed E-state index contributed by atoms with van der Waals surface area (Å²) in [6, 6.07) is 21.7. The van der Waals surface area contributed by atoms with Crippen molar-refractivity contribution in [1.29, 1.82) is 0 Å². The Morgan fingerprint density at radius 2 is 1.74 bits per heavy atom. The van der Waals surface area contributed by atoms with Crippen molar-refractivity contribution in [2.45, 2.75) is 19.6 Å². The highest BCUT2D eigenvalue weighted by molar-refractivity contribution is 5.99. The Labute approximate surface area is 203 Å². The summed E-state index contributed by atoms with van der Waals surface area (Å²) < 4.78 is 17.9. The van der Waals surface area contributed by atoms with Crippen LogP contribution in [0.2, 0.25) is 0 Å². The summed E-state index contributed by atoms with van der Waals surface area (Å²) in [6.45, 7) is 6.78. The number of rotatable bonds is 8. The second-order valence-corrected chi connectivity index (χ2v) is 8.23. The summed E-state index contributed by atoms with van der Waals surface area (Å²) in [6.07, 6.45) is 1.64. The number of hydrogen-bond acceptors (Lipinski definition) is 5. The third-order valence-electron chi connectivity index (χ3n) is 6.02. The van der Waals surface area contributed by atoms with Crippen LogP contribution >= 0.6 is 0 Å². The van der Waals surface area contributed by atoms with Gasteiger partial charge in [0, 0.05) is 6.54 Å². The summed E-state index contributed by atoms with van der Waals surface area (Å²) in [5, 5.41) is 0.442. The van der Waals surface area contributed by atoms with Gasteiger partial charge in [0.2, 0.25) is 5.76 Å². The molecule has 0 fully saturated rings. The normalized spacial score (nSPS) is 14.7. The summed E-state index contributed by atoms with van der Waals surface area (Å²) >= 11 is 0. The molecule has 0 aliphatic carbocycles. The van der Waals surface area contributed by atoms with Crippen molar-refractivity contribution in [2.24, 2.45) is 0 Å². The molecule has 1 aliphatic heterocycles. The fourth-order valence-electron chi connectivity index (χ4n) is 4.46. The van der Waals surface area contributed by atoms with Crippen LogP contribution < -0.4 is 14.9 Å². The van der Waals surface area contributed by atoms with Crippen molar-refractivity contribution < 1.29 is 18.7 Å². The number of carbonyl (C=O) groups excluding carboxylic acids is 1. The van der Waals surface area contributed by atoms with Gasteiger partial charge in [-0.2, -0.15) is 0 Å². The predicted molar refractivity (Wildman–Crippen MR) is 134 cm³/mol. The van der Waals surface area contributed by atoms with Crippen LogP contribution in [0.3, 0.4) is 0 Å². The first-order chi connectivity index (χ1) is 17.1. The molecule has 5 rings (SSSR count). The van der Waals surface area contributed by atoms with Gasteiger partial charge in [-0.15, -0.1) is 6.58 Å². The van der Waals surface area contributed by atoms with E-state index >= 15 is 0 Å². The van der Waals surface area contributed by atoms with E-state index in [0.29, 0.717) is 41.2 Å². The highest BCUT2D eigenvalue weighted by Gasteiger charge is 2.42. The number of fused-ring (bicyclic) bond motifs is 2. The molecule has 35 heavy (non-hydrogen) atoms. The Bertz CT molecular complexity index is 1460. The van der Waals surface area contributed by atoms with Crippen LogP contribution in [0.15, 0.2) is 94.7 Å². The van der Waals surface area contributed by atoms with Crippen LogP contribution in [0.25, 0.3) is 11.0 Å². The highest BCUT2D eigenvalue weighted by Crippen LogP contribution is 2.41. The van der Waals surface area contributed by atoms with Gasteiger partial charge >= 0.3 is 0 Å². The van der Waals surface area contributed by atoms with Crippen LogP contribution in [0, 0.1) is 0 Å². The number of carbonyl (C=O) groups is 1. The van der Waals surface area contributed by atoms with Gasteiger partial charge < -0.3 is 18.8 Å². The number of benzene rings is 3. The van der Waals surface area contributed by atoms with Gasteiger partial charge in [-0.3, -0.25) is 9.59 Å². The van der Waals surface area contributed by atoms with Gasteiger partial charge in [-0.25, -0.2) is 0 Å². The number of nitrogens with zero attached hydrogens (tertiary/aromatic N) is 1. The summed E-state index contributed by atoms with van der Waals surface area (Å²) in [4.78, 5) is 28.4. The average Bonchev–Trinajstić information content (AvgIpc) is 3.16. The first kappa shape index (κ1) is 22.5. The summed E-state index contributed by atoms with van der Waals surface area (Å²) in [5.41, 5.74) is 2.28. The van der Waals surface area contributed by atoms with Crippen molar-refractivity contribution in [3.8, 4) is 11.5 Å². The Kier molecular flexibility index (Phi) is 6.10. The van der Waals surface area contributed by atoms with Crippen molar-refractivity contribution in [3.05, 3.63) is 118 Å². The Hall–Kier alpha value is -4.32. The fourth-order valence-corrected chi connectivity index (χ4v) is 4.46. The molecule has 6 nitrogen and oxygen atoms in total. The second kappa shape index (κ2) is 9.50. The first-order valence-electron chi connectivity index (χ1n) is 11.5. The minimum absolute atomic E-state index is 0.0721. The maximum Gasteiger partial charge on any atom is 0.291 e. The van der Waals surface area contributed by atoms with Crippen LogP contribution in [0.1, 0.15) is 40.2 Å². The topological polar surface area (TPSA) is 69.0 Å². The van der Waals surface area contributed by atoms with Crippen LogP contribution in [0.5, 0.6) is 11.5 Å². The average molecular weight is 468 g/mol. The quantitative estimate of drug-likeness (QED) is 0.320. The predicted octanol–water partition coefficient (Wildman–Crippen LogP) is 5.50. The van der Waals surface area contributed by atoms with Gasteiger partial charge in [-0.1, -0.05) is 54.6 Å². The molecule has 4 aromatic rings. The lowest BCUT2D eigenvalue weighted by Crippen LogP contribution is -2.29. The van der Waals surface area contributed by atoms with Gasteiger partial charge in [-0.05, 0) is 42.3 Å². The smallest absolute Gasteiger partial charge is 0.291 e. The number of hydrogen-bond donors (Lipinski definition) is 0. The van der Waals surface area contributed by atoms with Crippen molar-refractivity contribution in [3.63, 3.8) is 0 Å². The molecular weight excluding hydrogens is 442 g/mol. The molecule has 0 saturated carbocycles. The molecule has 0 radical (unpaired) electrons. The van der Waals surface area contributed by atoms with E-state index in [2.05, 4.69) is 6.58 Å². The van der Waals surface area contributed by atoms with Gasteiger partial charge in [0.15, 0.2) is 16.9 Å². The number of para-hydroxylation sites is 1. The van der Waals surface area contributed by atoms with Crippen molar-refractivity contribution in [1.82, 2.24) is 4.90 Å². The molecule has 0 unspecified atom stereocenters. The minimum Gasteiger partial charge on any atom is -0.490 e. The number of amides is 1. The van der Waals surface area contributed by atoms with Gasteiger partial charge in [0.25, 0.3) is 5.91 Å². The van der Waals surface area contributed by atoms with Crippen LogP contribution in [0.4, 0.5) is 0 Å². The molecule has 1 aliphatic rings. The monoisotopic (exact) mass is 467 g/mol. The van der Waals surface area contributed by atoms with Gasteiger partial charge in [0.1, 0.15) is 12.2 Å². The molecule has 0 spiro atoms. The zero-order chi connectivity index (χ0) is 24.4. The van der Waals surface area contributed by atoms with E-state index in [4.69, 9.17) is 13.9 Å². The molecule has 1 amide bonds. The number of ether oxygens (including phenoxy) is 2. The fraction of sp³-hybridized carbons (Fsp3) is 0.172. The van der Waals surface area contributed by atoms with Crippen molar-refractivity contribution in [2.75, 3.05) is 13.2 Å². The molecule has 3 aromatic carbocycles. The van der Waals surface area contributed by atoms with Crippen LogP contribution in [-0.2, 0) is 6.61 Å². The third-order valence-corrected chi connectivity index (χ3v) is 6.02. The molecule has 6 heteroatoms. The largest absolute Gasteiger partial charge is 0.490 e. The lowest BCUT2D eigenvalue weighted by atomic mass is 9.98. The molecule has 176 valence electrons. The van der Waals surface area contributed by atoms with E-state index in [0.717, 1.165) is 11.1 Å². The van der Waals surface area contributed by atoms with E-state index in [9.17, 15) is 9.59 Å². The SMILES string of the molecule is C=CCN1C(=O)c2oc3ccccc3c(=O)c2[C@@H]1c1ccc(OCc2ccccc2)c(OCC)c1. The minimum atomic E-state index is -0.626. The molecule has 0 bridgehead atoms. The van der Waals surface area contributed by atoms with E-state index in [-0.39, 0.29) is 23.6 Å². The van der Waals surface area contributed by atoms with Gasteiger partial charge in [0.05, 0.1) is 23.6 Å².